The van der Waals surface area contributed by atoms with Crippen molar-refractivity contribution in [3.05, 3.63) is 76.5 Å². The number of carbonyl (C=O) groups excluding carboxylic acids is 1. The molecule has 6 nitrogen and oxygen atoms in total. The van der Waals surface area contributed by atoms with E-state index in [0.717, 1.165) is 11.1 Å². The van der Waals surface area contributed by atoms with Gasteiger partial charge >= 0.3 is 5.97 Å². The smallest absolute Gasteiger partial charge is 0.316 e. The molecule has 3 heterocycles. The van der Waals surface area contributed by atoms with Crippen LogP contribution in [0.3, 0.4) is 0 Å². The molecule has 2 aromatic heterocycles. The van der Waals surface area contributed by atoms with Crippen molar-refractivity contribution in [2.45, 2.75) is 38.4 Å². The maximum Gasteiger partial charge on any atom is 0.316 e. The molecule has 2 aliphatic rings. The van der Waals surface area contributed by atoms with Gasteiger partial charge in [-0.05, 0) is 31.1 Å². The number of pyridine rings is 1. The molecule has 0 spiro atoms. The zero-order chi connectivity index (χ0) is 26.4. The van der Waals surface area contributed by atoms with E-state index >= 15 is 8.78 Å². The lowest BCUT2D eigenvalue weighted by Gasteiger charge is -2.49. The zero-order valence-corrected chi connectivity index (χ0v) is 21.0. The lowest BCUT2D eigenvalue weighted by atomic mass is 9.54. The molecule has 0 radical (unpaired) electrons. The molecule has 0 bridgehead atoms. The van der Waals surface area contributed by atoms with Crippen LogP contribution in [-0.4, -0.2) is 33.1 Å². The van der Waals surface area contributed by atoms with E-state index in [1.165, 1.54) is 23.8 Å². The third kappa shape index (κ3) is 4.14. The number of ether oxygens (including phenoxy) is 1. The zero-order valence-electron chi connectivity index (χ0n) is 20.2. The van der Waals surface area contributed by atoms with Crippen molar-refractivity contribution in [2.24, 2.45) is 23.2 Å². The fourth-order valence-electron chi connectivity index (χ4n) is 5.90. The molecule has 37 heavy (non-hydrogen) atoms. The lowest BCUT2D eigenvalue weighted by molar-refractivity contribution is -0.192. The predicted molar refractivity (Wildman–Crippen MR) is 134 cm³/mol. The predicted octanol–water partition coefficient (Wildman–Crippen LogP) is 5.66. The van der Waals surface area contributed by atoms with Crippen LogP contribution in [0.1, 0.15) is 43.3 Å². The number of fused-ring (bicyclic) bond motifs is 1. The van der Waals surface area contributed by atoms with Gasteiger partial charge in [0.25, 0.3) is 5.92 Å². The van der Waals surface area contributed by atoms with Gasteiger partial charge in [0.2, 0.25) is 0 Å². The number of benzene rings is 1. The molecule has 1 saturated carbocycles. The number of rotatable bonds is 5. The summed E-state index contributed by atoms with van der Waals surface area (Å²) in [6.07, 6.45) is 1.99. The Bertz CT molecular complexity index is 1370. The Hall–Kier alpha value is -3.48. The number of halogens is 2. The minimum absolute atomic E-state index is 0.198. The number of aliphatic hydroxyl groups is 1. The van der Waals surface area contributed by atoms with Crippen molar-refractivity contribution in [1.29, 1.82) is 5.26 Å². The third-order valence-electron chi connectivity index (χ3n) is 7.81. The Kier molecular flexibility index (Phi) is 6.42. The van der Waals surface area contributed by atoms with Crippen molar-refractivity contribution in [3.8, 4) is 17.2 Å². The second-order valence-electron chi connectivity index (χ2n) is 9.78. The Morgan fingerprint density at radius 2 is 2.03 bits per heavy atom. The van der Waals surface area contributed by atoms with Crippen LogP contribution in [0.4, 0.5) is 8.78 Å². The van der Waals surface area contributed by atoms with Gasteiger partial charge in [-0.25, -0.2) is 13.8 Å². The maximum atomic E-state index is 15.5. The number of esters is 1. The van der Waals surface area contributed by atoms with E-state index in [-0.39, 0.29) is 5.69 Å². The second kappa shape index (κ2) is 9.43. The van der Waals surface area contributed by atoms with Crippen molar-refractivity contribution in [2.75, 3.05) is 0 Å². The molecule has 0 amide bonds. The average Bonchev–Trinajstić information content (AvgIpc) is 3.51. The molecule has 6 atom stereocenters. The van der Waals surface area contributed by atoms with E-state index in [1.807, 2.05) is 18.2 Å². The number of allylic oxidation sites excluding steroid dienone is 1. The molecule has 190 valence electrons. The summed E-state index contributed by atoms with van der Waals surface area (Å²) in [7, 11) is 0. The van der Waals surface area contributed by atoms with Crippen molar-refractivity contribution in [1.82, 2.24) is 9.97 Å². The van der Waals surface area contributed by atoms with E-state index in [4.69, 9.17) is 4.74 Å². The van der Waals surface area contributed by atoms with Crippen molar-refractivity contribution < 1.29 is 23.4 Å². The van der Waals surface area contributed by atoms with Crippen LogP contribution < -0.4 is 0 Å². The topological polar surface area (TPSA) is 96.1 Å². The van der Waals surface area contributed by atoms with Crippen LogP contribution in [-0.2, 0) is 9.53 Å². The van der Waals surface area contributed by atoms with Crippen molar-refractivity contribution in [3.63, 3.8) is 0 Å². The lowest BCUT2D eigenvalue weighted by Crippen LogP contribution is -2.56. The largest absolute Gasteiger partial charge is 0.462 e. The normalized spacial score (nSPS) is 29.5. The second-order valence-corrected chi connectivity index (χ2v) is 10.5. The van der Waals surface area contributed by atoms with Crippen LogP contribution >= 0.6 is 11.3 Å². The molecule has 1 N–H and O–H groups in total. The molecule has 1 unspecified atom stereocenters. The average molecular weight is 522 g/mol. The molecule has 1 aromatic carbocycles. The number of thiazole rings is 1. The first-order chi connectivity index (χ1) is 17.7. The Balaban J connectivity index is 1.50. The van der Waals surface area contributed by atoms with Gasteiger partial charge in [-0.2, -0.15) is 5.26 Å². The van der Waals surface area contributed by atoms with Gasteiger partial charge in [-0.15, -0.1) is 11.3 Å². The van der Waals surface area contributed by atoms with Crippen molar-refractivity contribution >= 4 is 23.4 Å². The van der Waals surface area contributed by atoms with Gasteiger partial charge in [-0.3, -0.25) is 9.78 Å². The van der Waals surface area contributed by atoms with Gasteiger partial charge < -0.3 is 9.84 Å². The Morgan fingerprint density at radius 1 is 1.24 bits per heavy atom. The number of aromatic nitrogens is 2. The first kappa shape index (κ1) is 25.2. The van der Waals surface area contributed by atoms with Crippen LogP contribution in [0, 0.1) is 34.5 Å². The number of alkyl halides is 2. The fourth-order valence-corrected chi connectivity index (χ4v) is 6.47. The highest BCUT2D eigenvalue weighted by Crippen LogP contribution is 2.63. The molecule has 1 aliphatic carbocycles. The maximum absolute atomic E-state index is 15.5. The van der Waals surface area contributed by atoms with E-state index in [1.54, 1.807) is 48.9 Å². The number of aliphatic hydroxyl groups excluding tert-OH is 1. The summed E-state index contributed by atoms with van der Waals surface area (Å²) in [4.78, 5) is 21.7. The minimum atomic E-state index is -3.22. The summed E-state index contributed by atoms with van der Waals surface area (Å²) in [5.41, 5.74) is 2.48. The first-order valence-electron chi connectivity index (χ1n) is 12.0. The molecular weight excluding hydrogens is 496 g/mol. The van der Waals surface area contributed by atoms with Crippen LogP contribution in [0.5, 0.6) is 0 Å². The van der Waals surface area contributed by atoms with Crippen LogP contribution in [0.2, 0.25) is 0 Å². The summed E-state index contributed by atoms with van der Waals surface area (Å²) >= 11 is 1.22. The summed E-state index contributed by atoms with van der Waals surface area (Å²) in [5.74, 6) is -6.56. The summed E-state index contributed by atoms with van der Waals surface area (Å²) < 4.78 is 36.4. The third-order valence-corrected chi connectivity index (χ3v) is 8.42. The fraction of sp³-hybridized carbons (Fsp3) is 0.357. The Labute approximate surface area is 217 Å². The molecule has 1 saturated heterocycles. The number of hydrogen-bond acceptors (Lipinski definition) is 7. The van der Waals surface area contributed by atoms with Crippen LogP contribution in [0.15, 0.2) is 59.6 Å². The summed E-state index contributed by atoms with van der Waals surface area (Å²) in [6.45, 7) is 3.16. The first-order valence-corrected chi connectivity index (χ1v) is 12.9. The number of nitrogens with zero attached hydrogens (tertiary/aromatic N) is 3. The van der Waals surface area contributed by atoms with Gasteiger partial charge in [0, 0.05) is 41.0 Å². The Morgan fingerprint density at radius 3 is 2.70 bits per heavy atom. The van der Waals surface area contributed by atoms with E-state index in [2.05, 4.69) is 16.0 Å². The monoisotopic (exact) mass is 521 g/mol. The summed E-state index contributed by atoms with van der Waals surface area (Å²) in [5, 5.41) is 22.2. The minimum Gasteiger partial charge on any atom is -0.462 e. The highest BCUT2D eigenvalue weighted by atomic mass is 32.1. The number of nitriles is 1. The van der Waals surface area contributed by atoms with E-state index < -0.39 is 53.7 Å². The number of hydrogen-bond donors (Lipinski definition) is 1. The molecule has 9 heteroatoms. The molecular formula is C28H25F2N3O3S. The highest BCUT2D eigenvalue weighted by Gasteiger charge is 2.71. The van der Waals surface area contributed by atoms with Gasteiger partial charge in [0.15, 0.2) is 0 Å². The number of carbonyl (C=O) groups is 1. The quantitative estimate of drug-likeness (QED) is 0.435. The highest BCUT2D eigenvalue weighted by molar-refractivity contribution is 7.07. The van der Waals surface area contributed by atoms with E-state index in [0.29, 0.717) is 11.3 Å². The molecule has 3 aromatic rings. The van der Waals surface area contributed by atoms with E-state index in [9.17, 15) is 15.2 Å². The van der Waals surface area contributed by atoms with Crippen LogP contribution in [0.25, 0.3) is 17.2 Å². The number of cyclic esters (lactones) is 1. The molecule has 1 aliphatic heterocycles. The van der Waals surface area contributed by atoms with Gasteiger partial charge in [0.1, 0.15) is 17.6 Å². The summed E-state index contributed by atoms with van der Waals surface area (Å²) in [6, 6.07) is 12.9. The standard InChI is InChI=1S/C28H25F2N3O3S/c1-16-21(10-9-20-8-7-19(12-32-20)22-6-4-3-5-18(22)11-31)24-17(2)36-26(35)27(24,14-28(16,29)30)25(34)23-13-37-15-33-23/h3-10,12-13,15-17,21,24-25,34H,14H2,1-2H3/b10-9+/t16-,17+,21-,24-,25?,27+/m0/s1. The SMILES string of the molecule is C[C@H]1OC(=O)[C@]2(C(O)c3cscn3)CC(F)(F)[C@@H](C)[C@H](/C=C/c3ccc(-c4ccccc4C#N)cn3)[C@H]12. The van der Waals surface area contributed by atoms with Gasteiger partial charge in [0.05, 0.1) is 28.5 Å². The molecule has 5 rings (SSSR count). The molecule has 2 fully saturated rings. The van der Waals surface area contributed by atoms with Gasteiger partial charge in [-0.1, -0.05) is 37.3 Å².